The molecule has 0 atom stereocenters. The molecule has 28 heavy (non-hydrogen) atoms. The molecule has 3 aromatic rings. The Balaban J connectivity index is 1.67. The van der Waals surface area contributed by atoms with E-state index < -0.39 is 6.61 Å². The van der Waals surface area contributed by atoms with Crippen molar-refractivity contribution in [3.05, 3.63) is 48.7 Å². The molecule has 1 N–H and O–H groups in total. The first-order valence-electron chi connectivity index (χ1n) is 8.39. The van der Waals surface area contributed by atoms with Crippen molar-refractivity contribution in [1.29, 1.82) is 0 Å². The molecule has 0 unspecified atom stereocenters. The molecule has 0 saturated carbocycles. The van der Waals surface area contributed by atoms with Crippen molar-refractivity contribution in [1.82, 2.24) is 19.7 Å². The van der Waals surface area contributed by atoms with Crippen molar-refractivity contribution in [2.45, 2.75) is 25.2 Å². The van der Waals surface area contributed by atoms with Gasteiger partial charge in [-0.15, -0.1) is 10.2 Å². The molecule has 1 aromatic carbocycles. The van der Waals surface area contributed by atoms with E-state index in [2.05, 4.69) is 25.2 Å². The first-order chi connectivity index (χ1) is 13.6. The molecule has 10 heteroatoms. The van der Waals surface area contributed by atoms with Crippen molar-refractivity contribution in [2.75, 3.05) is 11.1 Å². The van der Waals surface area contributed by atoms with Gasteiger partial charge in [0.2, 0.25) is 5.91 Å². The lowest BCUT2D eigenvalue weighted by Crippen LogP contribution is -2.16. The molecule has 3 rings (SSSR count). The number of rotatable bonds is 8. The summed E-state index contributed by atoms with van der Waals surface area (Å²) < 4.78 is 31.2. The van der Waals surface area contributed by atoms with Crippen molar-refractivity contribution >= 4 is 23.4 Å². The molecule has 0 spiro atoms. The van der Waals surface area contributed by atoms with Gasteiger partial charge in [-0.05, 0) is 31.2 Å². The zero-order chi connectivity index (χ0) is 19.9. The highest BCUT2D eigenvalue weighted by Gasteiger charge is 2.16. The monoisotopic (exact) mass is 405 g/mol. The largest absolute Gasteiger partial charge is 0.433 e. The summed E-state index contributed by atoms with van der Waals surface area (Å²) in [7, 11) is 0. The van der Waals surface area contributed by atoms with Gasteiger partial charge in [0.15, 0.2) is 11.0 Å². The van der Waals surface area contributed by atoms with Gasteiger partial charge in [-0.2, -0.15) is 8.78 Å². The number of alkyl halides is 2. The zero-order valence-corrected chi connectivity index (χ0v) is 15.7. The number of hydrogen-bond acceptors (Lipinski definition) is 6. The predicted molar refractivity (Wildman–Crippen MR) is 101 cm³/mol. The van der Waals surface area contributed by atoms with Gasteiger partial charge in [0.05, 0.1) is 11.4 Å². The number of pyridine rings is 1. The van der Waals surface area contributed by atoms with Crippen LogP contribution in [-0.4, -0.2) is 38.0 Å². The second kappa shape index (κ2) is 9.27. The van der Waals surface area contributed by atoms with Crippen LogP contribution in [0.2, 0.25) is 0 Å². The minimum atomic E-state index is -2.97. The Hall–Kier alpha value is -3.01. The number of nitrogens with one attached hydrogen (secondary N) is 1. The van der Waals surface area contributed by atoms with Crippen LogP contribution in [-0.2, 0) is 11.3 Å². The molecule has 0 aliphatic rings. The lowest BCUT2D eigenvalue weighted by atomic mass is 10.3. The molecule has 1 amide bonds. The average Bonchev–Trinajstić information content (AvgIpc) is 3.11. The van der Waals surface area contributed by atoms with Gasteiger partial charge >= 0.3 is 6.61 Å². The van der Waals surface area contributed by atoms with E-state index in [1.807, 2.05) is 29.7 Å². The third kappa shape index (κ3) is 4.83. The number of amides is 1. The molecule has 0 fully saturated rings. The van der Waals surface area contributed by atoms with Crippen molar-refractivity contribution in [3.8, 4) is 17.3 Å². The van der Waals surface area contributed by atoms with Gasteiger partial charge in [-0.3, -0.25) is 9.78 Å². The highest BCUT2D eigenvalue weighted by molar-refractivity contribution is 7.99. The van der Waals surface area contributed by atoms with Crippen molar-refractivity contribution in [3.63, 3.8) is 0 Å². The Bertz CT molecular complexity index is 937. The minimum absolute atomic E-state index is 0.0311. The molecular weight excluding hydrogens is 388 g/mol. The summed E-state index contributed by atoms with van der Waals surface area (Å²) >= 11 is 1.19. The van der Waals surface area contributed by atoms with Crippen LogP contribution in [0.15, 0.2) is 53.8 Å². The maximum Gasteiger partial charge on any atom is 0.387 e. The summed E-state index contributed by atoms with van der Waals surface area (Å²) in [4.78, 5) is 16.5. The van der Waals surface area contributed by atoms with Gasteiger partial charge in [0.1, 0.15) is 11.4 Å². The Morgan fingerprint density at radius 3 is 2.71 bits per heavy atom. The second-order valence-corrected chi connectivity index (χ2v) is 6.42. The number of aromatic nitrogens is 4. The van der Waals surface area contributed by atoms with Crippen LogP contribution in [0.25, 0.3) is 11.5 Å². The fourth-order valence-corrected chi connectivity index (χ4v) is 3.25. The first kappa shape index (κ1) is 19.7. The van der Waals surface area contributed by atoms with Gasteiger partial charge in [0.25, 0.3) is 0 Å². The van der Waals surface area contributed by atoms with Gasteiger partial charge < -0.3 is 14.6 Å². The van der Waals surface area contributed by atoms with Crippen LogP contribution in [0.4, 0.5) is 14.5 Å². The second-order valence-electron chi connectivity index (χ2n) is 5.48. The van der Waals surface area contributed by atoms with Gasteiger partial charge in [0, 0.05) is 12.7 Å². The van der Waals surface area contributed by atoms with Crippen LogP contribution in [0, 0.1) is 0 Å². The van der Waals surface area contributed by atoms with E-state index in [-0.39, 0.29) is 23.1 Å². The van der Waals surface area contributed by atoms with E-state index in [0.717, 1.165) is 0 Å². The molecule has 7 nitrogen and oxygen atoms in total. The Morgan fingerprint density at radius 2 is 2.00 bits per heavy atom. The van der Waals surface area contributed by atoms with Crippen LogP contribution in [0.3, 0.4) is 0 Å². The number of nitrogens with zero attached hydrogens (tertiary/aromatic N) is 4. The maximum absolute atomic E-state index is 12.5. The Morgan fingerprint density at radius 1 is 1.21 bits per heavy atom. The molecular formula is C18H17F2N5O2S. The highest BCUT2D eigenvalue weighted by atomic mass is 32.2. The average molecular weight is 405 g/mol. The maximum atomic E-state index is 12.5. The van der Waals surface area contributed by atoms with E-state index in [1.54, 1.807) is 18.3 Å². The third-order valence-electron chi connectivity index (χ3n) is 3.64. The number of ether oxygens (including phenoxy) is 1. The molecule has 0 radical (unpaired) electrons. The minimum Gasteiger partial charge on any atom is -0.433 e. The van der Waals surface area contributed by atoms with Crippen LogP contribution < -0.4 is 10.1 Å². The number of hydrogen-bond donors (Lipinski definition) is 1. The third-order valence-corrected chi connectivity index (χ3v) is 4.60. The molecule has 146 valence electrons. The first-order valence-corrected chi connectivity index (χ1v) is 9.38. The lowest BCUT2D eigenvalue weighted by molar-refractivity contribution is -0.113. The fourth-order valence-electron chi connectivity index (χ4n) is 2.45. The normalized spacial score (nSPS) is 10.9. The summed E-state index contributed by atoms with van der Waals surface area (Å²) in [5.74, 6) is 0.177. The van der Waals surface area contributed by atoms with Gasteiger partial charge in [-0.1, -0.05) is 30.0 Å². The Labute approximate surface area is 164 Å². The standard InChI is InChI=1S/C18H17F2N5O2S/c1-2-25-16(13-8-5-6-10-21-13)23-24-18(25)28-11-15(26)22-12-7-3-4-9-14(12)27-17(19)20/h3-10,17H,2,11H2,1H3,(H,22,26). The number of carbonyl (C=O) groups excluding carboxylic acids is 1. The number of para-hydroxylation sites is 2. The fraction of sp³-hybridized carbons (Fsp3) is 0.222. The lowest BCUT2D eigenvalue weighted by Gasteiger charge is -2.11. The van der Waals surface area contributed by atoms with Crippen molar-refractivity contribution in [2.24, 2.45) is 0 Å². The molecule has 0 bridgehead atoms. The predicted octanol–water partition coefficient (Wildman–Crippen LogP) is 3.69. The Kier molecular flexibility index (Phi) is 6.53. The van der Waals surface area contributed by atoms with E-state index in [9.17, 15) is 13.6 Å². The molecule has 0 aliphatic heterocycles. The van der Waals surface area contributed by atoms with Crippen LogP contribution >= 0.6 is 11.8 Å². The van der Waals surface area contributed by atoms with Crippen LogP contribution in [0.1, 0.15) is 6.92 Å². The molecule has 2 aromatic heterocycles. The summed E-state index contributed by atoms with van der Waals surface area (Å²) in [6, 6.07) is 11.5. The summed E-state index contributed by atoms with van der Waals surface area (Å²) in [6.07, 6.45) is 1.67. The smallest absolute Gasteiger partial charge is 0.387 e. The SMILES string of the molecule is CCn1c(SCC(=O)Nc2ccccc2OC(F)F)nnc1-c1ccccn1. The number of thioether (sulfide) groups is 1. The summed E-state index contributed by atoms with van der Waals surface area (Å²) in [5.41, 5.74) is 0.866. The van der Waals surface area contributed by atoms with E-state index in [1.165, 1.54) is 23.9 Å². The summed E-state index contributed by atoms with van der Waals surface area (Å²) in [6.45, 7) is -0.424. The topological polar surface area (TPSA) is 81.9 Å². The zero-order valence-electron chi connectivity index (χ0n) is 14.9. The number of benzene rings is 1. The van der Waals surface area contributed by atoms with E-state index >= 15 is 0 Å². The number of halogens is 2. The van der Waals surface area contributed by atoms with Gasteiger partial charge in [-0.25, -0.2) is 0 Å². The molecule has 0 aliphatic carbocycles. The molecule has 2 heterocycles. The van der Waals surface area contributed by atoms with E-state index in [4.69, 9.17) is 0 Å². The van der Waals surface area contributed by atoms with E-state index in [0.29, 0.717) is 23.2 Å². The van der Waals surface area contributed by atoms with Crippen LogP contribution in [0.5, 0.6) is 5.75 Å². The quantitative estimate of drug-likeness (QED) is 0.576. The highest BCUT2D eigenvalue weighted by Crippen LogP contribution is 2.27. The number of anilines is 1. The summed E-state index contributed by atoms with van der Waals surface area (Å²) in [5, 5.41) is 11.4. The molecule has 0 saturated heterocycles. The number of carbonyl (C=O) groups is 1. The van der Waals surface area contributed by atoms with Crippen molar-refractivity contribution < 1.29 is 18.3 Å².